The van der Waals surface area contributed by atoms with Gasteiger partial charge in [-0.3, -0.25) is 0 Å². The summed E-state index contributed by atoms with van der Waals surface area (Å²) in [5.74, 6) is 2.52. The van der Waals surface area contributed by atoms with E-state index in [2.05, 4.69) is 43.8 Å². The van der Waals surface area contributed by atoms with E-state index in [1.807, 2.05) is 19.2 Å². The lowest BCUT2D eigenvalue weighted by Crippen LogP contribution is -2.46. The van der Waals surface area contributed by atoms with Gasteiger partial charge in [-0.25, -0.2) is 9.97 Å². The molecule has 0 N–H and O–H groups in total. The second-order valence-corrected chi connectivity index (χ2v) is 6.41. The van der Waals surface area contributed by atoms with E-state index in [1.54, 1.807) is 7.11 Å². The summed E-state index contributed by atoms with van der Waals surface area (Å²) in [6, 6.07) is 6.15. The van der Waals surface area contributed by atoms with Gasteiger partial charge in [-0.05, 0) is 31.5 Å². The molecule has 0 spiro atoms. The van der Waals surface area contributed by atoms with Crippen LogP contribution in [0.15, 0.2) is 24.4 Å². The summed E-state index contributed by atoms with van der Waals surface area (Å²) in [4.78, 5) is 18.4. The molecule has 1 aliphatic heterocycles. The molecular formula is C19H27N5O. The summed E-state index contributed by atoms with van der Waals surface area (Å²) >= 11 is 0. The van der Waals surface area contributed by atoms with Gasteiger partial charge in [0, 0.05) is 50.6 Å². The number of rotatable bonds is 6. The number of methoxy groups -OCH3 is 1. The highest BCUT2D eigenvalue weighted by atomic mass is 16.5. The fourth-order valence-electron chi connectivity index (χ4n) is 3.12. The van der Waals surface area contributed by atoms with Crippen molar-refractivity contribution in [3.63, 3.8) is 0 Å². The first-order valence-corrected chi connectivity index (χ1v) is 8.98. The molecule has 2 aromatic heterocycles. The van der Waals surface area contributed by atoms with Crippen molar-refractivity contribution in [3.05, 3.63) is 41.5 Å². The molecule has 1 saturated heterocycles. The van der Waals surface area contributed by atoms with Gasteiger partial charge < -0.3 is 14.5 Å². The molecule has 6 heteroatoms. The van der Waals surface area contributed by atoms with E-state index < -0.39 is 0 Å². The lowest BCUT2D eigenvalue weighted by molar-refractivity contribution is 0.270. The Hall–Kier alpha value is -2.21. The maximum absolute atomic E-state index is 5.21. The number of anilines is 1. The highest BCUT2D eigenvalue weighted by Gasteiger charge is 2.16. The van der Waals surface area contributed by atoms with E-state index in [-0.39, 0.29) is 0 Å². The monoisotopic (exact) mass is 341 g/mol. The van der Waals surface area contributed by atoms with Gasteiger partial charge in [0.2, 0.25) is 5.88 Å². The van der Waals surface area contributed by atoms with Crippen LogP contribution in [0.25, 0.3) is 0 Å². The van der Waals surface area contributed by atoms with Crippen molar-refractivity contribution in [2.45, 2.75) is 26.7 Å². The van der Waals surface area contributed by atoms with Crippen LogP contribution in [-0.4, -0.2) is 59.7 Å². The molecule has 1 aliphatic rings. The first-order valence-electron chi connectivity index (χ1n) is 8.98. The minimum absolute atomic E-state index is 0.627. The van der Waals surface area contributed by atoms with Crippen molar-refractivity contribution < 1.29 is 4.74 Å². The third kappa shape index (κ3) is 4.66. The Balaban J connectivity index is 1.57. The smallest absolute Gasteiger partial charge is 0.216 e. The number of hydrogen-bond acceptors (Lipinski definition) is 6. The van der Waals surface area contributed by atoms with E-state index >= 15 is 0 Å². The number of aryl methyl sites for hydroxylation is 3. The first-order chi connectivity index (χ1) is 12.2. The Labute approximate surface area is 149 Å². The van der Waals surface area contributed by atoms with Crippen LogP contribution >= 0.6 is 0 Å². The average Bonchev–Trinajstić information content (AvgIpc) is 2.66. The maximum Gasteiger partial charge on any atom is 0.216 e. The van der Waals surface area contributed by atoms with Gasteiger partial charge in [-0.15, -0.1) is 0 Å². The molecule has 3 rings (SSSR count). The third-order valence-electron chi connectivity index (χ3n) is 4.68. The fourth-order valence-corrected chi connectivity index (χ4v) is 3.12. The average molecular weight is 341 g/mol. The minimum atomic E-state index is 0.627. The summed E-state index contributed by atoms with van der Waals surface area (Å²) in [6.45, 7) is 9.65. The Morgan fingerprint density at radius 3 is 2.52 bits per heavy atom. The van der Waals surface area contributed by atoms with Gasteiger partial charge in [0.1, 0.15) is 11.6 Å². The van der Waals surface area contributed by atoms with Crippen LogP contribution in [0, 0.1) is 6.92 Å². The fraction of sp³-hybridized carbons (Fsp3) is 0.526. The number of hydrogen-bond donors (Lipinski definition) is 0. The SMILES string of the molecule is CCN1CCN(c2ccc(CCc3nc(C)cc(OC)n3)cn2)CC1. The van der Waals surface area contributed by atoms with Crippen LogP contribution in [0.2, 0.25) is 0 Å². The molecule has 6 nitrogen and oxygen atoms in total. The van der Waals surface area contributed by atoms with Crippen molar-refractivity contribution in [2.75, 3.05) is 44.7 Å². The Morgan fingerprint density at radius 2 is 1.88 bits per heavy atom. The molecule has 134 valence electrons. The summed E-state index contributed by atoms with van der Waals surface area (Å²) in [5.41, 5.74) is 2.14. The topological polar surface area (TPSA) is 54.4 Å². The zero-order valence-corrected chi connectivity index (χ0v) is 15.4. The quantitative estimate of drug-likeness (QED) is 0.802. The highest BCUT2D eigenvalue weighted by molar-refractivity contribution is 5.40. The number of likely N-dealkylation sites (N-methyl/N-ethyl adjacent to an activating group) is 1. The molecule has 0 amide bonds. The summed E-state index contributed by atoms with van der Waals surface area (Å²) in [5, 5.41) is 0. The maximum atomic E-state index is 5.21. The second-order valence-electron chi connectivity index (χ2n) is 6.41. The molecular weight excluding hydrogens is 314 g/mol. The standard InChI is InChI=1S/C19H27N5O/c1-4-23-9-11-24(12-10-23)18-8-6-16(14-20-18)5-7-17-21-15(2)13-19(22-17)25-3/h6,8,13-14H,4-5,7,9-12H2,1-3H3. The number of aromatic nitrogens is 3. The molecule has 0 radical (unpaired) electrons. The van der Waals surface area contributed by atoms with Gasteiger partial charge >= 0.3 is 0 Å². The van der Waals surface area contributed by atoms with Crippen LogP contribution in [0.5, 0.6) is 5.88 Å². The zero-order chi connectivity index (χ0) is 17.6. The van der Waals surface area contributed by atoms with Gasteiger partial charge in [-0.1, -0.05) is 13.0 Å². The first kappa shape index (κ1) is 17.6. The summed E-state index contributed by atoms with van der Waals surface area (Å²) in [6.07, 6.45) is 3.65. The van der Waals surface area contributed by atoms with Crippen molar-refractivity contribution in [1.29, 1.82) is 0 Å². The van der Waals surface area contributed by atoms with Gasteiger partial charge in [0.05, 0.1) is 7.11 Å². The van der Waals surface area contributed by atoms with E-state index in [0.29, 0.717) is 5.88 Å². The van der Waals surface area contributed by atoms with Crippen molar-refractivity contribution in [2.24, 2.45) is 0 Å². The van der Waals surface area contributed by atoms with E-state index in [0.717, 1.165) is 62.9 Å². The van der Waals surface area contributed by atoms with Crippen molar-refractivity contribution in [3.8, 4) is 5.88 Å². The molecule has 0 bridgehead atoms. The van der Waals surface area contributed by atoms with E-state index in [9.17, 15) is 0 Å². The molecule has 25 heavy (non-hydrogen) atoms. The highest BCUT2D eigenvalue weighted by Crippen LogP contribution is 2.15. The van der Waals surface area contributed by atoms with Gasteiger partial charge in [0.25, 0.3) is 0 Å². The van der Waals surface area contributed by atoms with Crippen molar-refractivity contribution in [1.82, 2.24) is 19.9 Å². The molecule has 1 fully saturated rings. The van der Waals surface area contributed by atoms with Crippen LogP contribution in [0.4, 0.5) is 5.82 Å². The largest absolute Gasteiger partial charge is 0.481 e. The normalized spacial score (nSPS) is 15.4. The number of ether oxygens (including phenoxy) is 1. The van der Waals surface area contributed by atoms with Gasteiger partial charge in [-0.2, -0.15) is 4.98 Å². The number of nitrogens with zero attached hydrogens (tertiary/aromatic N) is 5. The summed E-state index contributed by atoms with van der Waals surface area (Å²) < 4.78 is 5.21. The predicted molar refractivity (Wildman–Crippen MR) is 99.3 cm³/mol. The molecule has 0 aliphatic carbocycles. The van der Waals surface area contributed by atoms with E-state index in [1.165, 1.54) is 5.56 Å². The molecule has 0 aromatic carbocycles. The van der Waals surface area contributed by atoms with Crippen LogP contribution in [0.3, 0.4) is 0 Å². The predicted octanol–water partition coefficient (Wildman–Crippen LogP) is 2.12. The second kappa shape index (κ2) is 8.25. The lowest BCUT2D eigenvalue weighted by Gasteiger charge is -2.34. The minimum Gasteiger partial charge on any atom is -0.481 e. The molecule has 3 heterocycles. The lowest BCUT2D eigenvalue weighted by atomic mass is 10.1. The van der Waals surface area contributed by atoms with Crippen LogP contribution in [0.1, 0.15) is 24.0 Å². The molecule has 0 atom stereocenters. The number of pyridine rings is 1. The van der Waals surface area contributed by atoms with E-state index in [4.69, 9.17) is 4.74 Å². The Bertz CT molecular complexity index is 681. The van der Waals surface area contributed by atoms with Crippen LogP contribution in [-0.2, 0) is 12.8 Å². The molecule has 0 saturated carbocycles. The Morgan fingerprint density at radius 1 is 1.08 bits per heavy atom. The third-order valence-corrected chi connectivity index (χ3v) is 4.68. The Kier molecular flexibility index (Phi) is 5.81. The molecule has 2 aromatic rings. The molecule has 0 unspecified atom stereocenters. The van der Waals surface area contributed by atoms with Gasteiger partial charge in [0.15, 0.2) is 0 Å². The van der Waals surface area contributed by atoms with Crippen LogP contribution < -0.4 is 9.64 Å². The summed E-state index contributed by atoms with van der Waals surface area (Å²) in [7, 11) is 1.63. The van der Waals surface area contributed by atoms with Crippen molar-refractivity contribution >= 4 is 5.82 Å². The zero-order valence-electron chi connectivity index (χ0n) is 15.4. The number of piperazine rings is 1.